The number of phenols is 3. The quantitative estimate of drug-likeness (QED) is 0.239. The van der Waals surface area contributed by atoms with Crippen molar-refractivity contribution in [1.29, 1.82) is 0 Å². The Balaban J connectivity index is 1.71. The lowest BCUT2D eigenvalue weighted by molar-refractivity contribution is -0.277. The van der Waals surface area contributed by atoms with E-state index in [0.29, 0.717) is 5.56 Å². The van der Waals surface area contributed by atoms with Crippen LogP contribution in [0, 0.1) is 0 Å². The van der Waals surface area contributed by atoms with E-state index < -0.39 is 43.1 Å². The lowest BCUT2D eigenvalue weighted by Crippen LogP contribution is -2.60. The maximum Gasteiger partial charge on any atom is 0.229 e. The number of aliphatic hydroxyl groups is 4. The smallest absolute Gasteiger partial charge is 0.229 e. The Hall–Kier alpha value is -3.15. The minimum atomic E-state index is -1.63. The second-order valence-corrected chi connectivity index (χ2v) is 6.94. The number of hydrogen-bond acceptors (Lipinski definition) is 10. The maximum atomic E-state index is 12.2. The van der Waals surface area contributed by atoms with E-state index in [1.807, 2.05) is 0 Å². The Morgan fingerprint density at radius 1 is 0.968 bits per heavy atom. The molecule has 10 heteroatoms. The van der Waals surface area contributed by atoms with Gasteiger partial charge in [0.2, 0.25) is 6.29 Å². The van der Waals surface area contributed by atoms with Crippen molar-refractivity contribution in [2.75, 3.05) is 6.61 Å². The molecule has 1 fully saturated rings. The van der Waals surface area contributed by atoms with Gasteiger partial charge in [-0.3, -0.25) is 4.79 Å². The van der Waals surface area contributed by atoms with Crippen molar-refractivity contribution in [2.24, 2.45) is 0 Å². The first-order valence-corrected chi connectivity index (χ1v) is 9.26. The van der Waals surface area contributed by atoms with E-state index in [9.17, 15) is 40.5 Å². The third-order valence-electron chi connectivity index (χ3n) is 4.75. The molecule has 10 nitrogen and oxygen atoms in total. The summed E-state index contributed by atoms with van der Waals surface area (Å²) in [5.41, 5.74) is 0.395. The van der Waals surface area contributed by atoms with Crippen molar-refractivity contribution in [3.63, 3.8) is 0 Å². The third-order valence-corrected chi connectivity index (χ3v) is 4.75. The van der Waals surface area contributed by atoms with Gasteiger partial charge in [-0.15, -0.1) is 0 Å². The number of aliphatic hydroxyl groups excluding tert-OH is 4. The highest BCUT2D eigenvalue weighted by Crippen LogP contribution is 2.31. The summed E-state index contributed by atoms with van der Waals surface area (Å²) in [6.07, 6.45) is -4.86. The van der Waals surface area contributed by atoms with Gasteiger partial charge in [0, 0.05) is 6.07 Å². The largest absolute Gasteiger partial charge is 0.508 e. The molecule has 0 amide bonds. The minimum Gasteiger partial charge on any atom is -0.508 e. The number of phenolic OH excluding ortho intramolecular Hbond substituents is 3. The van der Waals surface area contributed by atoms with Crippen LogP contribution in [0.3, 0.4) is 0 Å². The van der Waals surface area contributed by atoms with Gasteiger partial charge in [-0.05, 0) is 35.9 Å². The lowest BCUT2D eigenvalue weighted by atomic mass is 9.99. The van der Waals surface area contributed by atoms with E-state index in [-0.39, 0.29) is 28.6 Å². The van der Waals surface area contributed by atoms with E-state index in [4.69, 9.17) is 9.47 Å². The normalized spacial score (nSPS) is 26.1. The van der Waals surface area contributed by atoms with E-state index in [2.05, 4.69) is 0 Å². The van der Waals surface area contributed by atoms with Gasteiger partial charge >= 0.3 is 0 Å². The molecule has 1 aliphatic heterocycles. The Bertz CT molecular complexity index is 971. The number of ketones is 1. The standard InChI is InChI=1S/C21H22O10/c22-9-17-18(27)19(28)20(29)21(31-17)30-16-6-2-10(7-15(16)26)1-5-13(24)12-4-3-11(23)8-14(12)25/h1-8,17-23,25-29H,9H2/b5-1+/t17-,18-,19+,20-,21-/m1/s1. The molecule has 0 saturated carbocycles. The molecule has 31 heavy (non-hydrogen) atoms. The van der Waals surface area contributed by atoms with Gasteiger partial charge in [0.1, 0.15) is 35.9 Å². The van der Waals surface area contributed by atoms with Crippen molar-refractivity contribution in [1.82, 2.24) is 0 Å². The highest BCUT2D eigenvalue weighted by molar-refractivity contribution is 6.08. The number of ether oxygens (including phenoxy) is 2. The molecule has 0 radical (unpaired) electrons. The van der Waals surface area contributed by atoms with Crippen LogP contribution in [0.2, 0.25) is 0 Å². The molecule has 0 aliphatic carbocycles. The van der Waals surface area contributed by atoms with E-state index in [1.54, 1.807) is 0 Å². The summed E-state index contributed by atoms with van der Waals surface area (Å²) in [7, 11) is 0. The summed E-state index contributed by atoms with van der Waals surface area (Å²) in [6.45, 7) is -0.620. The number of benzene rings is 2. The van der Waals surface area contributed by atoms with Crippen LogP contribution in [0.5, 0.6) is 23.0 Å². The van der Waals surface area contributed by atoms with Crippen LogP contribution >= 0.6 is 0 Å². The fourth-order valence-corrected chi connectivity index (χ4v) is 3.02. The van der Waals surface area contributed by atoms with E-state index >= 15 is 0 Å². The fraction of sp³-hybridized carbons (Fsp3) is 0.286. The second kappa shape index (κ2) is 9.33. The Morgan fingerprint density at radius 3 is 2.35 bits per heavy atom. The number of aromatic hydroxyl groups is 3. The molecule has 1 saturated heterocycles. The lowest BCUT2D eigenvalue weighted by Gasteiger charge is -2.39. The van der Waals surface area contributed by atoms with Gasteiger partial charge in [0.25, 0.3) is 0 Å². The van der Waals surface area contributed by atoms with E-state index in [1.165, 1.54) is 42.5 Å². The van der Waals surface area contributed by atoms with Crippen LogP contribution in [0.25, 0.3) is 6.08 Å². The zero-order chi connectivity index (χ0) is 22.7. The maximum absolute atomic E-state index is 12.2. The molecule has 7 N–H and O–H groups in total. The van der Waals surface area contributed by atoms with Crippen molar-refractivity contribution < 1.29 is 50.0 Å². The Morgan fingerprint density at radius 2 is 1.71 bits per heavy atom. The van der Waals surface area contributed by atoms with Crippen molar-refractivity contribution in [3.8, 4) is 23.0 Å². The summed E-state index contributed by atoms with van der Waals surface area (Å²) < 4.78 is 10.6. The SMILES string of the molecule is O=C(/C=C/c1ccc(O[C@@H]2O[C@H](CO)[C@@H](O)[C@H](O)[C@H]2O)c(O)c1)c1ccc(O)cc1O. The van der Waals surface area contributed by atoms with E-state index in [0.717, 1.165) is 6.07 Å². The van der Waals surface area contributed by atoms with Gasteiger partial charge in [-0.25, -0.2) is 0 Å². The average molecular weight is 434 g/mol. The number of rotatable bonds is 6. The highest BCUT2D eigenvalue weighted by Gasteiger charge is 2.44. The summed E-state index contributed by atoms with van der Waals surface area (Å²) in [4.78, 5) is 12.2. The minimum absolute atomic E-state index is 0.0131. The molecule has 2 aromatic carbocycles. The molecule has 0 unspecified atom stereocenters. The molecule has 5 atom stereocenters. The van der Waals surface area contributed by atoms with Gasteiger partial charge in [-0.1, -0.05) is 12.1 Å². The van der Waals surface area contributed by atoms with Gasteiger partial charge in [0.15, 0.2) is 17.3 Å². The van der Waals surface area contributed by atoms with Crippen LogP contribution in [0.4, 0.5) is 0 Å². The molecule has 166 valence electrons. The molecule has 0 bridgehead atoms. The first kappa shape index (κ1) is 22.5. The Kier molecular flexibility index (Phi) is 6.78. The molecule has 2 aromatic rings. The highest BCUT2D eigenvalue weighted by atomic mass is 16.7. The predicted molar refractivity (Wildman–Crippen MR) is 106 cm³/mol. The average Bonchev–Trinajstić information content (AvgIpc) is 2.73. The molecule has 0 aromatic heterocycles. The topological polar surface area (TPSA) is 177 Å². The second-order valence-electron chi connectivity index (χ2n) is 6.94. The van der Waals surface area contributed by atoms with Gasteiger partial charge in [-0.2, -0.15) is 0 Å². The molecule has 3 rings (SSSR count). The number of allylic oxidation sites excluding steroid dienone is 1. The fourth-order valence-electron chi connectivity index (χ4n) is 3.02. The molecular weight excluding hydrogens is 412 g/mol. The van der Waals surface area contributed by atoms with Crippen LogP contribution in [0.15, 0.2) is 42.5 Å². The van der Waals surface area contributed by atoms with Crippen molar-refractivity contribution in [2.45, 2.75) is 30.7 Å². The van der Waals surface area contributed by atoms with Crippen LogP contribution < -0.4 is 4.74 Å². The van der Waals surface area contributed by atoms with Crippen LogP contribution in [-0.4, -0.2) is 78.8 Å². The van der Waals surface area contributed by atoms with Crippen LogP contribution in [-0.2, 0) is 4.74 Å². The van der Waals surface area contributed by atoms with Crippen molar-refractivity contribution in [3.05, 3.63) is 53.6 Å². The summed E-state index contributed by atoms with van der Waals surface area (Å²) in [6, 6.07) is 7.65. The van der Waals surface area contributed by atoms with Crippen molar-refractivity contribution >= 4 is 11.9 Å². The Labute approximate surface area is 176 Å². The number of hydrogen-bond donors (Lipinski definition) is 7. The predicted octanol–water partition coefficient (Wildman–Crippen LogP) is -0.122. The summed E-state index contributed by atoms with van der Waals surface area (Å²) in [5.74, 6) is -1.56. The zero-order valence-electron chi connectivity index (χ0n) is 16.1. The first-order chi connectivity index (χ1) is 14.7. The third kappa shape index (κ3) is 4.95. The van der Waals surface area contributed by atoms with Gasteiger partial charge < -0.3 is 45.2 Å². The number of carbonyl (C=O) groups is 1. The molecule has 1 heterocycles. The first-order valence-electron chi connectivity index (χ1n) is 9.26. The van der Waals surface area contributed by atoms with Crippen LogP contribution in [0.1, 0.15) is 15.9 Å². The van der Waals surface area contributed by atoms with Gasteiger partial charge in [0.05, 0.1) is 12.2 Å². The summed E-state index contributed by atoms with van der Waals surface area (Å²) >= 11 is 0. The molecule has 1 aliphatic rings. The number of carbonyl (C=O) groups excluding carboxylic acids is 1. The monoisotopic (exact) mass is 434 g/mol. The zero-order valence-corrected chi connectivity index (χ0v) is 16.1. The molecule has 0 spiro atoms. The summed E-state index contributed by atoms with van der Waals surface area (Å²) in [5, 5.41) is 68.0. The molecular formula is C21H22O10.